The van der Waals surface area contributed by atoms with E-state index in [4.69, 9.17) is 9.72 Å². The number of aryl methyl sites for hydroxylation is 1. The van der Waals surface area contributed by atoms with Crippen molar-refractivity contribution >= 4 is 11.8 Å². The molecule has 6 nitrogen and oxygen atoms in total. The van der Waals surface area contributed by atoms with Crippen LogP contribution < -0.4 is 9.80 Å². The topological polar surface area (TPSA) is 44.7 Å². The molecular formula is C20H25F2N5O. The van der Waals surface area contributed by atoms with E-state index >= 15 is 0 Å². The zero-order chi connectivity index (χ0) is 19.5. The van der Waals surface area contributed by atoms with Gasteiger partial charge in [-0.1, -0.05) is 0 Å². The molecule has 0 N–H and O–H groups in total. The Balaban J connectivity index is 1.40. The highest BCUT2D eigenvalue weighted by atomic mass is 19.1. The van der Waals surface area contributed by atoms with Gasteiger partial charge in [0.1, 0.15) is 17.5 Å². The Kier molecular flexibility index (Phi) is 5.68. The number of hydrogen-bond donors (Lipinski definition) is 0. The number of rotatable bonds is 4. The van der Waals surface area contributed by atoms with Gasteiger partial charge in [-0.3, -0.25) is 4.90 Å². The van der Waals surface area contributed by atoms with Gasteiger partial charge >= 0.3 is 0 Å². The molecule has 2 aliphatic rings. The van der Waals surface area contributed by atoms with E-state index in [2.05, 4.69) is 19.7 Å². The van der Waals surface area contributed by atoms with Crippen LogP contribution in [0.3, 0.4) is 0 Å². The Morgan fingerprint density at radius 3 is 2.43 bits per heavy atom. The van der Waals surface area contributed by atoms with Crippen LogP contribution in [0.25, 0.3) is 0 Å². The Morgan fingerprint density at radius 2 is 1.68 bits per heavy atom. The number of aromatic nitrogens is 2. The molecule has 2 aliphatic heterocycles. The molecule has 150 valence electrons. The second-order valence-corrected chi connectivity index (χ2v) is 7.27. The van der Waals surface area contributed by atoms with Crippen LogP contribution in [0.5, 0.6) is 0 Å². The smallest absolute Gasteiger partial charge is 0.227 e. The predicted octanol–water partition coefficient (Wildman–Crippen LogP) is 2.22. The van der Waals surface area contributed by atoms with Gasteiger partial charge in [0.05, 0.1) is 13.2 Å². The van der Waals surface area contributed by atoms with Gasteiger partial charge in [0.25, 0.3) is 0 Å². The summed E-state index contributed by atoms with van der Waals surface area (Å²) >= 11 is 0. The van der Waals surface area contributed by atoms with E-state index in [1.165, 1.54) is 12.1 Å². The molecule has 1 aromatic carbocycles. The summed E-state index contributed by atoms with van der Waals surface area (Å²) in [5.41, 5.74) is 1.34. The van der Waals surface area contributed by atoms with Gasteiger partial charge in [0.15, 0.2) is 0 Å². The standard InChI is InChI=1S/C20H25F2N5O/c1-15-12-19(26-8-10-28-11-9-26)24-20(23-15)27-6-4-25(5-7-27)14-16-13-17(21)2-3-18(16)22/h2-3,12-13H,4-11,14H2,1H3. The largest absolute Gasteiger partial charge is 0.378 e. The quantitative estimate of drug-likeness (QED) is 0.799. The summed E-state index contributed by atoms with van der Waals surface area (Å²) in [6.45, 7) is 8.50. The second kappa shape index (κ2) is 8.36. The minimum absolute atomic E-state index is 0.360. The lowest BCUT2D eigenvalue weighted by Crippen LogP contribution is -2.47. The van der Waals surface area contributed by atoms with E-state index < -0.39 is 5.82 Å². The number of piperazine rings is 1. The van der Waals surface area contributed by atoms with Crippen molar-refractivity contribution in [2.24, 2.45) is 0 Å². The molecule has 0 unspecified atom stereocenters. The van der Waals surface area contributed by atoms with Gasteiger partial charge in [-0.05, 0) is 25.1 Å². The number of anilines is 2. The minimum Gasteiger partial charge on any atom is -0.378 e. The van der Waals surface area contributed by atoms with E-state index in [9.17, 15) is 8.78 Å². The number of morpholine rings is 1. The molecule has 2 fully saturated rings. The fourth-order valence-corrected chi connectivity index (χ4v) is 3.64. The SMILES string of the molecule is Cc1cc(N2CCOCC2)nc(N2CCN(Cc3cc(F)ccc3F)CC2)n1. The Hall–Kier alpha value is -2.32. The van der Waals surface area contributed by atoms with Gasteiger partial charge in [-0.25, -0.2) is 13.8 Å². The lowest BCUT2D eigenvalue weighted by atomic mass is 10.2. The summed E-state index contributed by atoms with van der Waals surface area (Å²) < 4.78 is 32.7. The van der Waals surface area contributed by atoms with Crippen LogP contribution in [0.2, 0.25) is 0 Å². The maximum atomic E-state index is 13.9. The van der Waals surface area contributed by atoms with Crippen molar-refractivity contribution in [3.63, 3.8) is 0 Å². The first-order chi connectivity index (χ1) is 13.6. The fourth-order valence-electron chi connectivity index (χ4n) is 3.64. The van der Waals surface area contributed by atoms with Crippen molar-refractivity contribution in [3.8, 4) is 0 Å². The highest BCUT2D eigenvalue weighted by molar-refractivity contribution is 5.46. The summed E-state index contributed by atoms with van der Waals surface area (Å²) in [7, 11) is 0. The molecule has 0 saturated carbocycles. The zero-order valence-electron chi connectivity index (χ0n) is 16.1. The first-order valence-electron chi connectivity index (χ1n) is 9.68. The Morgan fingerprint density at radius 1 is 0.929 bits per heavy atom. The molecule has 0 aliphatic carbocycles. The number of hydrogen-bond acceptors (Lipinski definition) is 6. The van der Waals surface area contributed by atoms with E-state index in [0.717, 1.165) is 62.8 Å². The first-order valence-corrected chi connectivity index (χ1v) is 9.68. The summed E-state index contributed by atoms with van der Waals surface area (Å²) in [5, 5.41) is 0. The highest BCUT2D eigenvalue weighted by Gasteiger charge is 2.22. The molecule has 2 aromatic rings. The van der Waals surface area contributed by atoms with Gasteiger partial charge in [-0.2, -0.15) is 4.98 Å². The molecular weight excluding hydrogens is 364 g/mol. The van der Waals surface area contributed by atoms with E-state index in [-0.39, 0.29) is 5.82 Å². The second-order valence-electron chi connectivity index (χ2n) is 7.27. The Bertz CT molecular complexity index is 820. The van der Waals surface area contributed by atoms with Crippen molar-refractivity contribution in [1.29, 1.82) is 0 Å². The molecule has 28 heavy (non-hydrogen) atoms. The lowest BCUT2D eigenvalue weighted by molar-refractivity contribution is 0.122. The van der Waals surface area contributed by atoms with Crippen molar-refractivity contribution in [3.05, 3.63) is 47.2 Å². The fraction of sp³-hybridized carbons (Fsp3) is 0.500. The summed E-state index contributed by atoms with van der Waals surface area (Å²) in [4.78, 5) is 15.9. The first kappa shape index (κ1) is 19.0. The summed E-state index contributed by atoms with van der Waals surface area (Å²) in [6.07, 6.45) is 0. The van der Waals surface area contributed by atoms with Crippen LogP contribution >= 0.6 is 0 Å². The molecule has 0 spiro atoms. The molecule has 4 rings (SSSR count). The van der Waals surface area contributed by atoms with Crippen LogP contribution in [-0.4, -0.2) is 67.4 Å². The van der Waals surface area contributed by atoms with Crippen molar-refractivity contribution in [1.82, 2.24) is 14.9 Å². The molecule has 3 heterocycles. The van der Waals surface area contributed by atoms with E-state index in [1.54, 1.807) is 0 Å². The number of benzene rings is 1. The van der Waals surface area contributed by atoms with Crippen LogP contribution in [0.4, 0.5) is 20.5 Å². The third-order valence-corrected chi connectivity index (χ3v) is 5.22. The molecule has 8 heteroatoms. The van der Waals surface area contributed by atoms with Crippen LogP contribution in [-0.2, 0) is 11.3 Å². The molecule has 0 atom stereocenters. The third kappa shape index (κ3) is 4.39. The number of ether oxygens (including phenoxy) is 1. The monoisotopic (exact) mass is 389 g/mol. The van der Waals surface area contributed by atoms with Crippen LogP contribution in [0.1, 0.15) is 11.3 Å². The lowest BCUT2D eigenvalue weighted by Gasteiger charge is -2.35. The van der Waals surface area contributed by atoms with Crippen LogP contribution in [0.15, 0.2) is 24.3 Å². The van der Waals surface area contributed by atoms with E-state index in [0.29, 0.717) is 25.3 Å². The van der Waals surface area contributed by atoms with Crippen molar-refractivity contribution in [2.45, 2.75) is 13.5 Å². The molecule has 1 aromatic heterocycles. The van der Waals surface area contributed by atoms with Crippen molar-refractivity contribution in [2.75, 3.05) is 62.3 Å². The van der Waals surface area contributed by atoms with Gasteiger partial charge < -0.3 is 14.5 Å². The predicted molar refractivity (Wildman–Crippen MR) is 104 cm³/mol. The molecule has 0 bridgehead atoms. The summed E-state index contributed by atoms with van der Waals surface area (Å²) in [6, 6.07) is 5.63. The molecule has 0 amide bonds. The zero-order valence-corrected chi connectivity index (χ0v) is 16.1. The van der Waals surface area contributed by atoms with Gasteiger partial charge in [-0.15, -0.1) is 0 Å². The van der Waals surface area contributed by atoms with Gasteiger partial charge in [0, 0.05) is 63.1 Å². The molecule has 2 saturated heterocycles. The van der Waals surface area contributed by atoms with Crippen LogP contribution in [0, 0.1) is 18.6 Å². The normalized spacial score (nSPS) is 18.5. The Labute approximate surface area is 163 Å². The van der Waals surface area contributed by atoms with E-state index in [1.807, 2.05) is 13.0 Å². The molecule has 0 radical (unpaired) electrons. The number of halogens is 2. The maximum Gasteiger partial charge on any atom is 0.227 e. The maximum absolute atomic E-state index is 13.9. The van der Waals surface area contributed by atoms with Crippen molar-refractivity contribution < 1.29 is 13.5 Å². The minimum atomic E-state index is -0.404. The van der Waals surface area contributed by atoms with Gasteiger partial charge in [0.2, 0.25) is 5.95 Å². The number of nitrogens with zero attached hydrogens (tertiary/aromatic N) is 5. The average molecular weight is 389 g/mol. The highest BCUT2D eigenvalue weighted by Crippen LogP contribution is 2.20. The third-order valence-electron chi connectivity index (χ3n) is 5.22. The summed E-state index contributed by atoms with van der Waals surface area (Å²) in [5.74, 6) is 0.910. The average Bonchev–Trinajstić information content (AvgIpc) is 2.71.